The number of carbonyl (C=O) groups excluding carboxylic acids is 2. The molecule has 0 aliphatic carbocycles. The van der Waals surface area contributed by atoms with E-state index < -0.39 is 18.0 Å². The number of allylic oxidation sites excluding steroid dienone is 1. The standard InChI is InChI=1S/C29H23ClN2O7S/c1-4-38-28(36)24-15(2)31-29-32(25(24)18-7-5-6-8-21(18)37-3)26(33)23(40-29)14-17-10-12-22(39-17)19-13-16(27(34)35)9-11-20(19)30/h5-14,25H,4H2,1-3H3,(H,34,35)/p-1/b23-14-/t25-/m0/s1. The van der Waals surface area contributed by atoms with Gasteiger partial charge in [0.1, 0.15) is 23.3 Å². The number of rotatable bonds is 7. The molecule has 3 heterocycles. The fourth-order valence-electron chi connectivity index (χ4n) is 4.52. The minimum absolute atomic E-state index is 0.0465. The average Bonchev–Trinajstić information content (AvgIpc) is 3.52. The highest BCUT2D eigenvalue weighted by molar-refractivity contribution is 7.07. The molecular weight excluding hydrogens is 556 g/mol. The molecule has 0 unspecified atom stereocenters. The van der Waals surface area contributed by atoms with Gasteiger partial charge in [-0.3, -0.25) is 9.36 Å². The number of carboxylic acids is 1. The molecule has 0 fully saturated rings. The number of ether oxygens (including phenoxy) is 2. The van der Waals surface area contributed by atoms with Crippen LogP contribution in [0.1, 0.15) is 41.6 Å². The zero-order valence-electron chi connectivity index (χ0n) is 21.6. The largest absolute Gasteiger partial charge is 0.545 e. The molecule has 4 aromatic rings. The molecule has 0 radical (unpaired) electrons. The predicted octanol–water partition coefficient (Wildman–Crippen LogP) is 3.08. The van der Waals surface area contributed by atoms with Crippen LogP contribution in [0.2, 0.25) is 5.02 Å². The smallest absolute Gasteiger partial charge is 0.338 e. The Balaban J connectivity index is 1.65. The average molecular weight is 578 g/mol. The van der Waals surface area contributed by atoms with Gasteiger partial charge in [-0.05, 0) is 49.7 Å². The van der Waals surface area contributed by atoms with Crippen LogP contribution in [0, 0.1) is 0 Å². The quantitative estimate of drug-likeness (QED) is 0.309. The molecule has 0 spiro atoms. The first-order valence-electron chi connectivity index (χ1n) is 12.2. The lowest BCUT2D eigenvalue weighted by atomic mass is 9.95. The van der Waals surface area contributed by atoms with E-state index in [1.807, 2.05) is 0 Å². The number of thiazole rings is 1. The number of carbonyl (C=O) groups is 2. The number of fused-ring (bicyclic) bond motifs is 1. The summed E-state index contributed by atoms with van der Waals surface area (Å²) in [6, 6.07) is 13.8. The number of benzene rings is 2. The maximum Gasteiger partial charge on any atom is 0.338 e. The van der Waals surface area contributed by atoms with E-state index in [1.165, 1.54) is 29.9 Å². The van der Waals surface area contributed by atoms with Crippen molar-refractivity contribution in [1.29, 1.82) is 0 Å². The summed E-state index contributed by atoms with van der Waals surface area (Å²) >= 11 is 7.42. The molecule has 9 nitrogen and oxygen atoms in total. The van der Waals surface area contributed by atoms with Gasteiger partial charge in [-0.2, -0.15) is 0 Å². The molecular formula is C29H22ClN2O7S-. The lowest BCUT2D eigenvalue weighted by Crippen LogP contribution is -2.40. The maximum absolute atomic E-state index is 13.8. The number of nitrogens with zero attached hydrogens (tertiary/aromatic N) is 2. The Hall–Kier alpha value is -4.41. The number of aromatic nitrogens is 1. The summed E-state index contributed by atoms with van der Waals surface area (Å²) in [7, 11) is 1.52. The molecule has 204 valence electrons. The Kier molecular flexibility index (Phi) is 7.46. The van der Waals surface area contributed by atoms with Crippen LogP contribution in [-0.2, 0) is 9.53 Å². The number of halogens is 1. The molecule has 11 heteroatoms. The highest BCUT2D eigenvalue weighted by Gasteiger charge is 2.35. The third-order valence-electron chi connectivity index (χ3n) is 6.32. The van der Waals surface area contributed by atoms with Crippen molar-refractivity contribution >= 4 is 41.0 Å². The minimum atomic E-state index is -1.34. The van der Waals surface area contributed by atoms with Gasteiger partial charge >= 0.3 is 5.97 Å². The van der Waals surface area contributed by atoms with Crippen LogP contribution in [0.25, 0.3) is 17.4 Å². The second kappa shape index (κ2) is 11.0. The summed E-state index contributed by atoms with van der Waals surface area (Å²) in [5, 5.41) is 11.6. The Morgan fingerprint density at radius 1 is 1.20 bits per heavy atom. The topological polar surface area (TPSA) is 123 Å². The second-order valence-corrected chi connectivity index (χ2v) is 10.1. The summed E-state index contributed by atoms with van der Waals surface area (Å²) in [4.78, 5) is 43.1. The number of para-hydroxylation sites is 1. The number of carboxylic acid groups (broad SMARTS) is 1. The van der Waals surface area contributed by atoms with Crippen LogP contribution >= 0.6 is 22.9 Å². The van der Waals surface area contributed by atoms with Crippen LogP contribution in [0.3, 0.4) is 0 Å². The lowest BCUT2D eigenvalue weighted by molar-refractivity contribution is -0.255. The molecule has 1 atom stereocenters. The second-order valence-electron chi connectivity index (χ2n) is 8.73. The van der Waals surface area contributed by atoms with E-state index in [0.717, 1.165) is 11.3 Å². The number of hydrogen-bond acceptors (Lipinski definition) is 9. The number of esters is 1. The van der Waals surface area contributed by atoms with Crippen molar-refractivity contribution in [1.82, 2.24) is 4.57 Å². The third kappa shape index (κ3) is 4.87. The Bertz CT molecular complexity index is 1870. The molecule has 1 aliphatic heterocycles. The van der Waals surface area contributed by atoms with Crippen molar-refractivity contribution in [2.45, 2.75) is 19.9 Å². The summed E-state index contributed by atoms with van der Waals surface area (Å²) in [5.74, 6) is -0.747. The summed E-state index contributed by atoms with van der Waals surface area (Å²) in [5.41, 5.74) is 1.23. The highest BCUT2D eigenvalue weighted by atomic mass is 35.5. The van der Waals surface area contributed by atoms with E-state index in [9.17, 15) is 19.5 Å². The Morgan fingerprint density at radius 3 is 2.70 bits per heavy atom. The van der Waals surface area contributed by atoms with Crippen molar-refractivity contribution in [3.05, 3.63) is 107 Å². The van der Waals surface area contributed by atoms with Crippen molar-refractivity contribution < 1.29 is 28.6 Å². The van der Waals surface area contributed by atoms with Gasteiger partial charge in [0.25, 0.3) is 5.56 Å². The Morgan fingerprint density at radius 2 is 1.98 bits per heavy atom. The van der Waals surface area contributed by atoms with E-state index in [-0.39, 0.29) is 23.3 Å². The molecule has 0 saturated heterocycles. The van der Waals surface area contributed by atoms with Crippen molar-refractivity contribution in [2.24, 2.45) is 4.99 Å². The lowest BCUT2D eigenvalue weighted by Gasteiger charge is -2.25. The first-order chi connectivity index (χ1) is 19.2. The van der Waals surface area contributed by atoms with Gasteiger partial charge in [0, 0.05) is 17.2 Å². The van der Waals surface area contributed by atoms with Crippen LogP contribution in [0.4, 0.5) is 0 Å². The van der Waals surface area contributed by atoms with Gasteiger partial charge in [0.05, 0.1) is 40.5 Å². The first kappa shape index (κ1) is 27.2. The zero-order valence-corrected chi connectivity index (χ0v) is 23.2. The van der Waals surface area contributed by atoms with Crippen LogP contribution < -0.4 is 24.7 Å². The predicted molar refractivity (Wildman–Crippen MR) is 147 cm³/mol. The first-order valence-corrected chi connectivity index (χ1v) is 13.4. The monoisotopic (exact) mass is 577 g/mol. The van der Waals surface area contributed by atoms with E-state index >= 15 is 0 Å². The molecule has 1 aliphatic rings. The van der Waals surface area contributed by atoms with Crippen molar-refractivity contribution in [3.63, 3.8) is 0 Å². The van der Waals surface area contributed by atoms with Gasteiger partial charge in [0.15, 0.2) is 4.80 Å². The molecule has 2 aromatic heterocycles. The van der Waals surface area contributed by atoms with Crippen LogP contribution in [-0.4, -0.2) is 30.2 Å². The normalized spacial score (nSPS) is 15.0. The van der Waals surface area contributed by atoms with E-state index in [4.69, 9.17) is 25.5 Å². The summed E-state index contributed by atoms with van der Waals surface area (Å²) < 4.78 is 18.6. The van der Waals surface area contributed by atoms with Crippen molar-refractivity contribution in [2.75, 3.05) is 13.7 Å². The maximum atomic E-state index is 13.8. The van der Waals surface area contributed by atoms with Crippen LogP contribution in [0.5, 0.6) is 5.75 Å². The SMILES string of the molecule is CCOC(=O)C1=C(C)N=c2s/c(=C\c3ccc(-c4cc(C(=O)[O-])ccc4Cl)o3)c(=O)n2[C@H]1c1ccccc1OC. The molecule has 2 aromatic carbocycles. The van der Waals surface area contributed by atoms with Gasteiger partial charge in [-0.25, -0.2) is 9.79 Å². The number of hydrogen-bond donors (Lipinski definition) is 0. The van der Waals surface area contributed by atoms with Gasteiger partial charge in [0.2, 0.25) is 0 Å². The number of aromatic carboxylic acids is 1. The van der Waals surface area contributed by atoms with Gasteiger partial charge < -0.3 is 23.8 Å². The highest BCUT2D eigenvalue weighted by Crippen LogP contribution is 2.36. The van der Waals surface area contributed by atoms with Gasteiger partial charge in [-0.1, -0.05) is 47.2 Å². The van der Waals surface area contributed by atoms with E-state index in [2.05, 4.69) is 4.99 Å². The summed E-state index contributed by atoms with van der Waals surface area (Å²) in [6.45, 7) is 3.57. The number of furan rings is 1. The third-order valence-corrected chi connectivity index (χ3v) is 7.63. The minimum Gasteiger partial charge on any atom is -0.545 e. The van der Waals surface area contributed by atoms with E-state index in [1.54, 1.807) is 56.3 Å². The van der Waals surface area contributed by atoms with E-state index in [0.29, 0.717) is 48.5 Å². The molecule has 0 N–H and O–H groups in total. The van der Waals surface area contributed by atoms with Crippen LogP contribution in [0.15, 0.2) is 80.1 Å². The van der Waals surface area contributed by atoms with Crippen molar-refractivity contribution in [3.8, 4) is 17.1 Å². The molecule has 0 amide bonds. The molecule has 40 heavy (non-hydrogen) atoms. The Labute approximate surface area is 236 Å². The molecule has 5 rings (SSSR count). The van der Waals surface area contributed by atoms with Gasteiger partial charge in [-0.15, -0.1) is 0 Å². The number of methoxy groups -OCH3 is 1. The molecule has 0 bridgehead atoms. The fraction of sp³-hybridized carbons (Fsp3) is 0.172. The zero-order chi connectivity index (χ0) is 28.6. The fourth-order valence-corrected chi connectivity index (χ4v) is 5.76. The molecule has 0 saturated carbocycles. The summed E-state index contributed by atoms with van der Waals surface area (Å²) in [6.07, 6.45) is 1.56.